The number of para-hydroxylation sites is 1. The molecule has 6 heteroatoms. The number of rotatable bonds is 5. The van der Waals surface area contributed by atoms with Gasteiger partial charge in [-0.3, -0.25) is 4.57 Å². The van der Waals surface area contributed by atoms with Crippen LogP contribution < -0.4 is 0 Å². The quantitative estimate of drug-likeness (QED) is 0.582. The summed E-state index contributed by atoms with van der Waals surface area (Å²) in [6, 6.07) is 14.0. The lowest BCUT2D eigenvalue weighted by Crippen LogP contribution is -2.02. The van der Waals surface area contributed by atoms with E-state index in [4.69, 9.17) is 0 Å². The Labute approximate surface area is 149 Å². The molecule has 0 bridgehead atoms. The molecule has 4 rings (SSSR count). The molecule has 1 saturated carbocycles. The highest BCUT2D eigenvalue weighted by Crippen LogP contribution is 2.43. The average molecular weight is 357 g/mol. The fourth-order valence-electron chi connectivity index (χ4n) is 2.77. The number of nitrogens with zero attached hydrogens (tertiary/aromatic N) is 3. The summed E-state index contributed by atoms with van der Waals surface area (Å²) in [6.07, 6.45) is 2.27. The van der Waals surface area contributed by atoms with E-state index in [0.717, 1.165) is 35.1 Å². The van der Waals surface area contributed by atoms with Gasteiger partial charge < -0.3 is 0 Å². The molecule has 2 aromatic carbocycles. The van der Waals surface area contributed by atoms with Crippen LogP contribution in [0.3, 0.4) is 0 Å². The second-order valence-electron chi connectivity index (χ2n) is 6.22. The fourth-order valence-corrected chi connectivity index (χ4v) is 3.77. The van der Waals surface area contributed by atoms with E-state index in [9.17, 15) is 8.78 Å². The summed E-state index contributed by atoms with van der Waals surface area (Å²) in [5.41, 5.74) is 1.74. The Bertz CT molecular complexity index is 891. The topological polar surface area (TPSA) is 30.7 Å². The summed E-state index contributed by atoms with van der Waals surface area (Å²) in [5, 5.41) is 9.45. The number of hydrogen-bond acceptors (Lipinski definition) is 3. The van der Waals surface area contributed by atoms with Crippen LogP contribution in [-0.2, 0) is 0 Å². The molecule has 0 saturated heterocycles. The second kappa shape index (κ2) is 6.59. The van der Waals surface area contributed by atoms with Crippen LogP contribution >= 0.6 is 11.8 Å². The normalized spacial score (nSPS) is 15.3. The van der Waals surface area contributed by atoms with Crippen molar-refractivity contribution in [3.05, 3.63) is 71.6 Å². The monoisotopic (exact) mass is 357 g/mol. The summed E-state index contributed by atoms with van der Waals surface area (Å²) in [7, 11) is 0. The minimum absolute atomic E-state index is 0.0752. The predicted molar refractivity (Wildman–Crippen MR) is 94.0 cm³/mol. The summed E-state index contributed by atoms with van der Waals surface area (Å²) >= 11 is 1.50. The lowest BCUT2D eigenvalue weighted by Gasteiger charge is -2.14. The van der Waals surface area contributed by atoms with Crippen molar-refractivity contribution in [1.29, 1.82) is 0 Å². The van der Waals surface area contributed by atoms with E-state index < -0.39 is 11.6 Å². The molecule has 0 N–H and O–H groups in total. The molecule has 1 heterocycles. The number of hydrogen-bond donors (Lipinski definition) is 0. The van der Waals surface area contributed by atoms with Gasteiger partial charge in [0.25, 0.3) is 0 Å². The van der Waals surface area contributed by atoms with Crippen LogP contribution in [0.5, 0.6) is 0 Å². The zero-order chi connectivity index (χ0) is 17.4. The summed E-state index contributed by atoms with van der Waals surface area (Å²) in [6.45, 7) is 1.96. The first-order valence-electron chi connectivity index (χ1n) is 8.26. The molecule has 1 aromatic heterocycles. The first-order chi connectivity index (χ1) is 12.1. The highest BCUT2D eigenvalue weighted by molar-refractivity contribution is 7.99. The van der Waals surface area contributed by atoms with Crippen LogP contribution in [0.2, 0.25) is 0 Å². The Kier molecular flexibility index (Phi) is 4.29. The lowest BCUT2D eigenvalue weighted by atomic mass is 10.1. The molecule has 0 spiro atoms. The molecule has 1 aliphatic rings. The van der Waals surface area contributed by atoms with Crippen LogP contribution in [0, 0.1) is 11.6 Å². The second-order valence-corrected chi connectivity index (χ2v) is 7.53. The van der Waals surface area contributed by atoms with E-state index in [1.54, 1.807) is 6.07 Å². The smallest absolute Gasteiger partial charge is 0.196 e. The van der Waals surface area contributed by atoms with Gasteiger partial charge in [-0.25, -0.2) is 8.78 Å². The van der Waals surface area contributed by atoms with Crippen molar-refractivity contribution >= 4 is 11.8 Å². The van der Waals surface area contributed by atoms with Crippen LogP contribution in [-0.4, -0.2) is 14.8 Å². The third-order valence-electron chi connectivity index (χ3n) is 4.31. The van der Waals surface area contributed by atoms with E-state index >= 15 is 0 Å². The average Bonchev–Trinajstić information content (AvgIpc) is 3.39. The van der Waals surface area contributed by atoms with Gasteiger partial charge in [-0.1, -0.05) is 36.0 Å². The Morgan fingerprint density at radius 2 is 1.80 bits per heavy atom. The maximum Gasteiger partial charge on any atom is 0.196 e. The molecule has 128 valence electrons. The van der Waals surface area contributed by atoms with Gasteiger partial charge in [0.1, 0.15) is 5.82 Å². The van der Waals surface area contributed by atoms with Crippen molar-refractivity contribution in [3.8, 4) is 5.69 Å². The third-order valence-corrected chi connectivity index (χ3v) is 5.41. The largest absolute Gasteiger partial charge is 0.274 e. The van der Waals surface area contributed by atoms with Crippen LogP contribution in [0.25, 0.3) is 5.69 Å². The predicted octanol–water partition coefficient (Wildman–Crippen LogP) is 5.28. The lowest BCUT2D eigenvalue weighted by molar-refractivity contribution is 0.507. The summed E-state index contributed by atoms with van der Waals surface area (Å²) < 4.78 is 28.8. The number of aromatic nitrogens is 3. The van der Waals surface area contributed by atoms with Crippen LogP contribution in [0.4, 0.5) is 8.78 Å². The summed E-state index contributed by atoms with van der Waals surface area (Å²) in [5.74, 6) is -0.218. The maximum absolute atomic E-state index is 13.5. The van der Waals surface area contributed by atoms with Crippen molar-refractivity contribution in [2.45, 2.75) is 36.1 Å². The van der Waals surface area contributed by atoms with Gasteiger partial charge in [-0.05, 0) is 49.6 Å². The van der Waals surface area contributed by atoms with E-state index in [2.05, 4.69) is 14.8 Å². The van der Waals surface area contributed by atoms with Crippen molar-refractivity contribution in [1.82, 2.24) is 14.8 Å². The maximum atomic E-state index is 13.5. The van der Waals surface area contributed by atoms with E-state index in [0.29, 0.717) is 5.92 Å². The molecule has 25 heavy (non-hydrogen) atoms. The fraction of sp³-hybridized carbons (Fsp3) is 0.263. The molecule has 1 atom stereocenters. The van der Waals surface area contributed by atoms with Gasteiger partial charge in [-0.2, -0.15) is 0 Å². The molecule has 3 nitrogen and oxygen atoms in total. The summed E-state index contributed by atoms with van der Waals surface area (Å²) in [4.78, 5) is 0. The zero-order valence-electron chi connectivity index (χ0n) is 13.7. The number of halogens is 2. The molecule has 0 radical (unpaired) electrons. The Morgan fingerprint density at radius 3 is 2.48 bits per heavy atom. The van der Waals surface area contributed by atoms with Crippen LogP contribution in [0.1, 0.15) is 42.3 Å². The molecule has 0 aliphatic heterocycles. The first-order valence-corrected chi connectivity index (χ1v) is 9.14. The van der Waals surface area contributed by atoms with Crippen LogP contribution in [0.15, 0.2) is 53.7 Å². The first kappa shape index (κ1) is 16.3. The minimum Gasteiger partial charge on any atom is -0.274 e. The van der Waals surface area contributed by atoms with Crippen molar-refractivity contribution in [2.24, 2.45) is 0 Å². The third kappa shape index (κ3) is 3.31. The van der Waals surface area contributed by atoms with Gasteiger partial charge in [-0.15, -0.1) is 10.2 Å². The number of thioether (sulfide) groups is 1. The van der Waals surface area contributed by atoms with Gasteiger partial charge in [0.05, 0.1) is 0 Å². The Balaban J connectivity index is 1.67. The van der Waals surface area contributed by atoms with Gasteiger partial charge >= 0.3 is 0 Å². The van der Waals surface area contributed by atoms with E-state index in [-0.39, 0.29) is 5.25 Å². The van der Waals surface area contributed by atoms with Gasteiger partial charge in [0, 0.05) is 16.9 Å². The van der Waals surface area contributed by atoms with Crippen molar-refractivity contribution in [3.63, 3.8) is 0 Å². The van der Waals surface area contributed by atoms with Crippen molar-refractivity contribution in [2.75, 3.05) is 0 Å². The zero-order valence-corrected chi connectivity index (χ0v) is 14.5. The highest BCUT2D eigenvalue weighted by Gasteiger charge is 2.31. The highest BCUT2D eigenvalue weighted by atomic mass is 32.2. The van der Waals surface area contributed by atoms with E-state index in [1.807, 2.05) is 37.3 Å². The van der Waals surface area contributed by atoms with Crippen molar-refractivity contribution < 1.29 is 8.78 Å². The standard InChI is InChI=1S/C19H17F2N3S/c1-12(14-9-10-16(20)17(21)11-14)25-19-23-22-18(13-7-8-13)24(19)15-5-3-2-4-6-15/h2-6,9-13H,7-8H2,1H3. The molecular weight excluding hydrogens is 340 g/mol. The number of benzene rings is 2. The molecular formula is C19H17F2N3S. The SMILES string of the molecule is CC(Sc1nnc(C2CC2)n1-c1ccccc1)c1ccc(F)c(F)c1. The molecule has 1 fully saturated rings. The minimum atomic E-state index is -0.829. The molecule has 1 aliphatic carbocycles. The molecule has 3 aromatic rings. The Morgan fingerprint density at radius 1 is 1.04 bits per heavy atom. The molecule has 1 unspecified atom stereocenters. The Hall–Kier alpha value is -2.21. The van der Waals surface area contributed by atoms with E-state index in [1.165, 1.54) is 23.9 Å². The van der Waals surface area contributed by atoms with Gasteiger partial charge in [0.2, 0.25) is 0 Å². The molecule has 0 amide bonds. The van der Waals surface area contributed by atoms with Gasteiger partial charge in [0.15, 0.2) is 16.8 Å².